The lowest BCUT2D eigenvalue weighted by molar-refractivity contribution is -0.177. The summed E-state index contributed by atoms with van der Waals surface area (Å²) in [5.41, 5.74) is 0. The average Bonchev–Trinajstić information content (AvgIpc) is 1.83. The molecule has 0 saturated carbocycles. The zero-order valence-corrected chi connectivity index (χ0v) is 7.33. The summed E-state index contributed by atoms with van der Waals surface area (Å²) in [6.45, 7) is 2.88. The van der Waals surface area contributed by atoms with Crippen molar-refractivity contribution in [1.82, 2.24) is 0 Å². The maximum Gasteiger partial charge on any atom is 0.176 e. The fraction of sp³-hybridized carbons (Fsp3) is 0.750. The van der Waals surface area contributed by atoms with Crippen LogP contribution in [0.15, 0.2) is 0 Å². The Kier molecular flexibility index (Phi) is 4.06. The zero-order chi connectivity index (χ0) is 9.78. The Balaban J connectivity index is 4.03. The molecule has 0 aromatic heterocycles. The maximum atomic E-state index is 10.8. The van der Waals surface area contributed by atoms with Crippen LogP contribution < -0.4 is 0 Å². The highest BCUT2D eigenvalue weighted by Gasteiger charge is 2.27. The summed E-state index contributed by atoms with van der Waals surface area (Å²) in [6, 6.07) is 0. The molecule has 4 nitrogen and oxygen atoms in total. The number of aliphatic hydroxyl groups is 2. The molecule has 0 spiro atoms. The van der Waals surface area contributed by atoms with Crippen LogP contribution in [0.3, 0.4) is 0 Å². The SMILES string of the molecule is CCC(=O)CC(O)(O)CC(C)=O. The Bertz CT molecular complexity index is 183. The summed E-state index contributed by atoms with van der Waals surface area (Å²) >= 11 is 0. The number of rotatable bonds is 5. The Morgan fingerprint density at radius 1 is 1.25 bits per heavy atom. The predicted octanol–water partition coefficient (Wildman–Crippen LogP) is 0.0156. The molecule has 70 valence electrons. The Morgan fingerprint density at radius 3 is 2.08 bits per heavy atom. The van der Waals surface area contributed by atoms with Crippen molar-refractivity contribution in [3.8, 4) is 0 Å². The lowest BCUT2D eigenvalue weighted by Gasteiger charge is -2.18. The van der Waals surface area contributed by atoms with E-state index in [1.807, 2.05) is 0 Å². The molecule has 0 aliphatic carbocycles. The molecule has 0 aromatic rings. The van der Waals surface area contributed by atoms with Gasteiger partial charge in [-0.3, -0.25) is 9.59 Å². The molecular weight excluding hydrogens is 160 g/mol. The molecule has 0 bridgehead atoms. The van der Waals surface area contributed by atoms with Gasteiger partial charge in [-0.2, -0.15) is 0 Å². The summed E-state index contributed by atoms with van der Waals surface area (Å²) in [4.78, 5) is 21.3. The van der Waals surface area contributed by atoms with Crippen LogP contribution in [0.2, 0.25) is 0 Å². The molecule has 0 radical (unpaired) electrons. The highest BCUT2D eigenvalue weighted by molar-refractivity contribution is 5.81. The monoisotopic (exact) mass is 174 g/mol. The van der Waals surface area contributed by atoms with Crippen LogP contribution >= 0.6 is 0 Å². The van der Waals surface area contributed by atoms with Crippen molar-refractivity contribution in [2.24, 2.45) is 0 Å². The predicted molar refractivity (Wildman–Crippen MR) is 42.4 cm³/mol. The van der Waals surface area contributed by atoms with Crippen molar-refractivity contribution in [3.05, 3.63) is 0 Å². The molecule has 2 N–H and O–H groups in total. The first-order valence-corrected chi connectivity index (χ1v) is 3.83. The van der Waals surface area contributed by atoms with Crippen molar-refractivity contribution < 1.29 is 19.8 Å². The van der Waals surface area contributed by atoms with Crippen LogP contribution in [0.5, 0.6) is 0 Å². The number of hydrogen-bond acceptors (Lipinski definition) is 4. The van der Waals surface area contributed by atoms with E-state index >= 15 is 0 Å². The number of hydrogen-bond donors (Lipinski definition) is 2. The molecule has 12 heavy (non-hydrogen) atoms. The van der Waals surface area contributed by atoms with E-state index in [-0.39, 0.29) is 24.4 Å². The third-order valence-electron chi connectivity index (χ3n) is 1.41. The topological polar surface area (TPSA) is 74.6 Å². The largest absolute Gasteiger partial charge is 0.365 e. The molecular formula is C8H14O4. The smallest absolute Gasteiger partial charge is 0.176 e. The van der Waals surface area contributed by atoms with Crippen molar-refractivity contribution in [1.29, 1.82) is 0 Å². The van der Waals surface area contributed by atoms with Crippen molar-refractivity contribution in [3.63, 3.8) is 0 Å². The van der Waals surface area contributed by atoms with Crippen LogP contribution in [0.1, 0.15) is 33.1 Å². The first-order chi connectivity index (χ1) is 5.37. The van der Waals surface area contributed by atoms with Crippen LogP contribution in [-0.4, -0.2) is 27.6 Å². The summed E-state index contributed by atoms with van der Waals surface area (Å²) in [5.74, 6) is -2.76. The summed E-state index contributed by atoms with van der Waals surface area (Å²) in [5, 5.41) is 18.2. The molecule has 0 aliphatic rings. The molecule has 0 unspecified atom stereocenters. The minimum Gasteiger partial charge on any atom is -0.365 e. The van der Waals surface area contributed by atoms with E-state index in [1.54, 1.807) is 6.92 Å². The lowest BCUT2D eigenvalue weighted by Crippen LogP contribution is -2.33. The normalized spacial score (nSPS) is 11.3. The van der Waals surface area contributed by atoms with Gasteiger partial charge in [-0.05, 0) is 6.92 Å². The van der Waals surface area contributed by atoms with E-state index in [0.29, 0.717) is 0 Å². The molecule has 0 amide bonds. The second-order valence-corrected chi connectivity index (χ2v) is 2.93. The second-order valence-electron chi connectivity index (χ2n) is 2.93. The van der Waals surface area contributed by atoms with Gasteiger partial charge in [0.2, 0.25) is 0 Å². The van der Waals surface area contributed by atoms with Gasteiger partial charge in [-0.25, -0.2) is 0 Å². The van der Waals surface area contributed by atoms with Gasteiger partial charge in [-0.1, -0.05) is 6.92 Å². The van der Waals surface area contributed by atoms with Crippen molar-refractivity contribution >= 4 is 11.6 Å². The standard InChI is InChI=1S/C8H14O4/c1-3-7(10)5-8(11,12)4-6(2)9/h11-12H,3-5H2,1-2H3. The van der Waals surface area contributed by atoms with Crippen LogP contribution in [0.4, 0.5) is 0 Å². The molecule has 0 aliphatic heterocycles. The number of carbonyl (C=O) groups is 2. The molecule has 0 fully saturated rings. The van der Waals surface area contributed by atoms with Gasteiger partial charge >= 0.3 is 0 Å². The Hall–Kier alpha value is -0.740. The van der Waals surface area contributed by atoms with E-state index < -0.39 is 12.2 Å². The third kappa shape index (κ3) is 4.98. The zero-order valence-electron chi connectivity index (χ0n) is 7.33. The lowest BCUT2D eigenvalue weighted by atomic mass is 10.0. The Morgan fingerprint density at radius 2 is 1.75 bits per heavy atom. The van der Waals surface area contributed by atoms with Gasteiger partial charge < -0.3 is 10.2 Å². The van der Waals surface area contributed by atoms with Crippen LogP contribution in [0, 0.1) is 0 Å². The fourth-order valence-corrected chi connectivity index (χ4v) is 0.902. The summed E-state index contributed by atoms with van der Waals surface area (Å²) < 4.78 is 0. The van der Waals surface area contributed by atoms with E-state index in [1.165, 1.54) is 6.92 Å². The van der Waals surface area contributed by atoms with Gasteiger partial charge in [0.05, 0.1) is 12.8 Å². The third-order valence-corrected chi connectivity index (χ3v) is 1.41. The second kappa shape index (κ2) is 4.33. The molecule has 0 atom stereocenters. The molecule has 0 aromatic carbocycles. The summed E-state index contributed by atoms with van der Waals surface area (Å²) in [7, 11) is 0. The molecule has 0 rings (SSSR count). The minimum atomic E-state index is -2.15. The molecule has 0 saturated heterocycles. The first kappa shape index (κ1) is 11.3. The highest BCUT2D eigenvalue weighted by Crippen LogP contribution is 2.12. The minimum absolute atomic E-state index is 0.251. The number of carbonyl (C=O) groups excluding carboxylic acids is 2. The van der Waals surface area contributed by atoms with Crippen LogP contribution in [0.25, 0.3) is 0 Å². The molecule has 4 heteroatoms. The maximum absolute atomic E-state index is 10.8. The van der Waals surface area contributed by atoms with Crippen molar-refractivity contribution in [2.45, 2.75) is 38.9 Å². The van der Waals surface area contributed by atoms with Gasteiger partial charge in [0.15, 0.2) is 5.79 Å². The average molecular weight is 174 g/mol. The summed E-state index contributed by atoms with van der Waals surface area (Å²) in [6.07, 6.45) is -0.511. The number of Topliss-reactive ketones (excluding diaryl/α,β-unsaturated/α-hetero) is 2. The van der Waals surface area contributed by atoms with Gasteiger partial charge in [0.1, 0.15) is 11.6 Å². The van der Waals surface area contributed by atoms with Gasteiger partial charge in [-0.15, -0.1) is 0 Å². The van der Waals surface area contributed by atoms with Gasteiger partial charge in [0.25, 0.3) is 0 Å². The van der Waals surface area contributed by atoms with E-state index in [0.717, 1.165) is 0 Å². The fourth-order valence-electron chi connectivity index (χ4n) is 0.902. The highest BCUT2D eigenvalue weighted by atomic mass is 16.5. The van der Waals surface area contributed by atoms with Gasteiger partial charge in [0, 0.05) is 6.42 Å². The first-order valence-electron chi connectivity index (χ1n) is 3.83. The Labute approximate surface area is 71.2 Å². The van der Waals surface area contributed by atoms with E-state index in [2.05, 4.69) is 0 Å². The van der Waals surface area contributed by atoms with Crippen molar-refractivity contribution in [2.75, 3.05) is 0 Å². The van der Waals surface area contributed by atoms with Crippen LogP contribution in [-0.2, 0) is 9.59 Å². The quantitative estimate of drug-likeness (QED) is 0.576. The van der Waals surface area contributed by atoms with E-state index in [4.69, 9.17) is 10.2 Å². The molecule has 0 heterocycles. The van der Waals surface area contributed by atoms with E-state index in [9.17, 15) is 9.59 Å². The number of ketones is 2.